The van der Waals surface area contributed by atoms with Crippen LogP contribution < -0.4 is 0 Å². The molecule has 0 saturated carbocycles. The molecule has 2 fully saturated rings. The molecule has 32 heavy (non-hydrogen) atoms. The van der Waals surface area contributed by atoms with Crippen molar-refractivity contribution < 1.29 is 4.79 Å². The van der Waals surface area contributed by atoms with E-state index < -0.39 is 5.41 Å². The van der Waals surface area contributed by atoms with Gasteiger partial charge in [0.05, 0.1) is 23.1 Å². The highest BCUT2D eigenvalue weighted by Crippen LogP contribution is 2.50. The topological polar surface area (TPSA) is 67.2 Å². The minimum absolute atomic E-state index is 0.0844. The van der Waals surface area contributed by atoms with Crippen LogP contribution in [0.3, 0.4) is 0 Å². The normalized spacial score (nSPS) is 23.7. The summed E-state index contributed by atoms with van der Waals surface area (Å²) in [4.78, 5) is 31.7. The van der Waals surface area contributed by atoms with Crippen molar-refractivity contribution in [3.63, 3.8) is 0 Å². The Labute approximate surface area is 189 Å². The molecule has 0 aliphatic carbocycles. The van der Waals surface area contributed by atoms with E-state index >= 15 is 0 Å². The van der Waals surface area contributed by atoms with Crippen LogP contribution in [-0.2, 0) is 17.9 Å². The molecule has 2 aliphatic heterocycles. The van der Waals surface area contributed by atoms with Gasteiger partial charge in [-0.1, -0.05) is 6.07 Å². The first-order valence-electron chi connectivity index (χ1n) is 11.4. The van der Waals surface area contributed by atoms with Gasteiger partial charge in [0.1, 0.15) is 0 Å². The number of aromatic nitrogens is 4. The van der Waals surface area contributed by atoms with Crippen LogP contribution in [0.5, 0.6) is 0 Å². The van der Waals surface area contributed by atoms with Gasteiger partial charge in [0, 0.05) is 69.5 Å². The van der Waals surface area contributed by atoms with Crippen LogP contribution in [-0.4, -0.2) is 54.9 Å². The minimum atomic E-state index is -0.433. The maximum absolute atomic E-state index is 13.9. The molecule has 166 valence electrons. The van der Waals surface area contributed by atoms with Crippen molar-refractivity contribution in [3.05, 3.63) is 78.4 Å². The number of nitrogens with zero attached hydrogens (tertiary/aromatic N) is 6. The molecule has 2 atom stereocenters. The molecule has 5 heterocycles. The second-order valence-electron chi connectivity index (χ2n) is 9.37. The number of amides is 1. The van der Waals surface area contributed by atoms with Crippen LogP contribution in [0.15, 0.2) is 61.4 Å². The van der Waals surface area contributed by atoms with Crippen LogP contribution >= 0.6 is 0 Å². The zero-order valence-corrected chi connectivity index (χ0v) is 18.8. The third kappa shape index (κ3) is 3.81. The summed E-state index contributed by atoms with van der Waals surface area (Å²) in [5, 5.41) is 0. The zero-order valence-electron chi connectivity index (χ0n) is 18.8. The molecular formula is C25H30N6O. The molecule has 3 aromatic heterocycles. The van der Waals surface area contributed by atoms with Gasteiger partial charge in [-0.15, -0.1) is 0 Å². The lowest BCUT2D eigenvalue weighted by atomic mass is 9.75. The van der Waals surface area contributed by atoms with E-state index in [1.165, 1.54) is 0 Å². The predicted molar refractivity (Wildman–Crippen MR) is 122 cm³/mol. The standard InChI is InChI=1S/C25H30N6O/c1-19(2)31-16-23(28-18-31)22-15-29(14-21-5-3-4-9-27-21)17-25(22)8-12-30(24(25)32)13-20-6-10-26-11-7-20/h3-7,9-11,16,18-19,22H,8,12-15,17H2,1-2H3/t22-,25+/m1/s1. The van der Waals surface area contributed by atoms with Gasteiger partial charge in [-0.2, -0.15) is 0 Å². The van der Waals surface area contributed by atoms with Crippen molar-refractivity contribution in [2.75, 3.05) is 19.6 Å². The van der Waals surface area contributed by atoms with E-state index in [0.29, 0.717) is 12.6 Å². The average molecular weight is 431 g/mol. The fraction of sp³-hybridized carbons (Fsp3) is 0.440. The molecule has 0 aromatic carbocycles. The van der Waals surface area contributed by atoms with Crippen LogP contribution in [0.1, 0.15) is 49.2 Å². The molecule has 0 bridgehead atoms. The summed E-state index contributed by atoms with van der Waals surface area (Å²) in [7, 11) is 0. The molecule has 5 rings (SSSR count). The SMILES string of the molecule is CC(C)n1cnc([C@H]2CN(Cc3ccccn3)C[C@@]23CCN(Cc2ccncc2)C3=O)c1. The van der Waals surface area contributed by atoms with E-state index in [9.17, 15) is 4.79 Å². The molecule has 7 nitrogen and oxygen atoms in total. The molecule has 3 aromatic rings. The Kier molecular flexibility index (Phi) is 5.51. The molecule has 0 radical (unpaired) electrons. The molecular weight excluding hydrogens is 400 g/mol. The summed E-state index contributed by atoms with van der Waals surface area (Å²) in [5.41, 5.74) is 2.75. The first-order valence-corrected chi connectivity index (χ1v) is 11.4. The monoisotopic (exact) mass is 430 g/mol. The average Bonchev–Trinajstić information content (AvgIpc) is 3.50. The Morgan fingerprint density at radius 2 is 1.94 bits per heavy atom. The number of pyridine rings is 2. The van der Waals surface area contributed by atoms with E-state index in [4.69, 9.17) is 4.98 Å². The zero-order chi connectivity index (χ0) is 22.1. The number of rotatable bonds is 6. The second-order valence-corrected chi connectivity index (χ2v) is 9.37. The van der Waals surface area contributed by atoms with Crippen LogP contribution in [0.25, 0.3) is 0 Å². The fourth-order valence-electron chi connectivity index (χ4n) is 5.23. The maximum atomic E-state index is 13.9. The van der Waals surface area contributed by atoms with Gasteiger partial charge in [0.25, 0.3) is 0 Å². The Morgan fingerprint density at radius 1 is 1.09 bits per heavy atom. The summed E-state index contributed by atoms with van der Waals surface area (Å²) >= 11 is 0. The number of imidazole rings is 1. The molecule has 1 amide bonds. The van der Waals surface area contributed by atoms with Gasteiger partial charge in [0.2, 0.25) is 5.91 Å². The van der Waals surface area contributed by atoms with Gasteiger partial charge in [-0.3, -0.25) is 19.7 Å². The quantitative estimate of drug-likeness (QED) is 0.600. The molecule has 2 saturated heterocycles. The molecule has 2 aliphatic rings. The van der Waals surface area contributed by atoms with Crippen LogP contribution in [0.2, 0.25) is 0 Å². The summed E-state index contributed by atoms with van der Waals surface area (Å²) in [6.07, 6.45) is 10.3. The fourth-order valence-corrected chi connectivity index (χ4v) is 5.23. The molecule has 1 spiro atoms. The summed E-state index contributed by atoms with van der Waals surface area (Å²) < 4.78 is 2.14. The van der Waals surface area contributed by atoms with Crippen molar-refractivity contribution in [1.29, 1.82) is 0 Å². The highest BCUT2D eigenvalue weighted by atomic mass is 16.2. The number of hydrogen-bond donors (Lipinski definition) is 0. The number of likely N-dealkylation sites (tertiary alicyclic amines) is 2. The Morgan fingerprint density at radius 3 is 2.66 bits per heavy atom. The van der Waals surface area contributed by atoms with Gasteiger partial charge < -0.3 is 9.47 Å². The minimum Gasteiger partial charge on any atom is -0.338 e. The largest absolute Gasteiger partial charge is 0.338 e. The van der Waals surface area contributed by atoms with Crippen molar-refractivity contribution in [2.45, 2.75) is 45.3 Å². The third-order valence-electron chi connectivity index (χ3n) is 6.96. The van der Waals surface area contributed by atoms with Crippen molar-refractivity contribution in [2.24, 2.45) is 5.41 Å². The van der Waals surface area contributed by atoms with Crippen LogP contribution in [0.4, 0.5) is 0 Å². The van der Waals surface area contributed by atoms with E-state index in [0.717, 1.165) is 49.6 Å². The number of hydrogen-bond acceptors (Lipinski definition) is 5. The maximum Gasteiger partial charge on any atom is 0.231 e. The van der Waals surface area contributed by atoms with Gasteiger partial charge in [0.15, 0.2) is 0 Å². The first-order chi connectivity index (χ1) is 15.5. The van der Waals surface area contributed by atoms with E-state index in [2.05, 4.69) is 45.5 Å². The lowest BCUT2D eigenvalue weighted by Crippen LogP contribution is -2.39. The summed E-state index contributed by atoms with van der Waals surface area (Å²) in [6, 6.07) is 10.3. The lowest BCUT2D eigenvalue weighted by Gasteiger charge is -2.28. The predicted octanol–water partition coefficient (Wildman–Crippen LogP) is 3.27. The third-order valence-corrected chi connectivity index (χ3v) is 6.96. The second kappa shape index (κ2) is 8.47. The highest BCUT2D eigenvalue weighted by molar-refractivity contribution is 5.86. The Bertz CT molecular complexity index is 1070. The first kappa shape index (κ1) is 20.8. The number of carbonyl (C=O) groups excluding carboxylic acids is 1. The van der Waals surface area contributed by atoms with E-state index in [1.807, 2.05) is 41.7 Å². The smallest absolute Gasteiger partial charge is 0.231 e. The van der Waals surface area contributed by atoms with Gasteiger partial charge >= 0.3 is 0 Å². The molecule has 7 heteroatoms. The van der Waals surface area contributed by atoms with E-state index in [1.54, 1.807) is 12.4 Å². The number of carbonyl (C=O) groups is 1. The van der Waals surface area contributed by atoms with Crippen molar-refractivity contribution >= 4 is 5.91 Å². The highest BCUT2D eigenvalue weighted by Gasteiger charge is 2.57. The Balaban J connectivity index is 1.43. The molecule has 0 unspecified atom stereocenters. The van der Waals surface area contributed by atoms with Gasteiger partial charge in [-0.25, -0.2) is 4.98 Å². The summed E-state index contributed by atoms with van der Waals surface area (Å²) in [5.74, 6) is 0.336. The van der Waals surface area contributed by atoms with Gasteiger partial charge in [-0.05, 0) is 50.1 Å². The van der Waals surface area contributed by atoms with Crippen molar-refractivity contribution in [1.82, 2.24) is 29.3 Å². The van der Waals surface area contributed by atoms with Crippen molar-refractivity contribution in [3.8, 4) is 0 Å². The van der Waals surface area contributed by atoms with Crippen LogP contribution in [0, 0.1) is 5.41 Å². The summed E-state index contributed by atoms with van der Waals surface area (Å²) in [6.45, 7) is 8.04. The van der Waals surface area contributed by atoms with E-state index in [-0.39, 0.29) is 11.8 Å². The Hall–Kier alpha value is -3.06. The molecule has 0 N–H and O–H groups in total. The lowest BCUT2D eigenvalue weighted by molar-refractivity contribution is -0.136.